The van der Waals surface area contributed by atoms with Crippen molar-refractivity contribution in [3.05, 3.63) is 77.2 Å². The average molecular weight is 378 g/mol. The van der Waals surface area contributed by atoms with Gasteiger partial charge in [0.15, 0.2) is 0 Å². The molecule has 1 aliphatic rings. The van der Waals surface area contributed by atoms with Crippen LogP contribution in [0, 0.1) is 12.7 Å². The van der Waals surface area contributed by atoms with Gasteiger partial charge in [0, 0.05) is 43.9 Å². The number of benzene rings is 2. The molecule has 1 N–H and O–H groups in total. The number of hydrogen-bond acceptors (Lipinski definition) is 3. The minimum atomic E-state index is -0.179. The van der Waals surface area contributed by atoms with Gasteiger partial charge >= 0.3 is 0 Å². The molecular weight excluding hydrogens is 355 g/mol. The Hall–Kier alpha value is -2.99. The number of aromatic nitrogens is 2. The third-order valence-corrected chi connectivity index (χ3v) is 5.17. The van der Waals surface area contributed by atoms with Gasteiger partial charge in [0.05, 0.1) is 5.69 Å². The predicted molar refractivity (Wildman–Crippen MR) is 106 cm³/mol. The zero-order valence-electron chi connectivity index (χ0n) is 15.9. The zero-order valence-corrected chi connectivity index (χ0v) is 15.9. The van der Waals surface area contributed by atoms with Gasteiger partial charge in [-0.2, -0.15) is 5.10 Å². The molecule has 0 radical (unpaired) electrons. The minimum Gasteiger partial charge on any atom is -0.335 e. The highest BCUT2D eigenvalue weighted by atomic mass is 19.1. The van der Waals surface area contributed by atoms with Crippen molar-refractivity contribution in [1.29, 1.82) is 0 Å². The quantitative estimate of drug-likeness (QED) is 0.756. The third kappa shape index (κ3) is 3.97. The minimum absolute atomic E-state index is 0.0450. The number of rotatable bonds is 4. The number of H-pyrrole nitrogens is 1. The van der Waals surface area contributed by atoms with E-state index in [4.69, 9.17) is 0 Å². The summed E-state index contributed by atoms with van der Waals surface area (Å²) >= 11 is 0. The Kier molecular flexibility index (Phi) is 5.21. The number of carbonyl (C=O) groups is 1. The second kappa shape index (κ2) is 7.94. The fourth-order valence-electron chi connectivity index (χ4n) is 3.45. The van der Waals surface area contributed by atoms with E-state index in [2.05, 4.69) is 15.1 Å². The molecule has 1 saturated heterocycles. The van der Waals surface area contributed by atoms with Gasteiger partial charge in [-0.1, -0.05) is 48.0 Å². The number of nitrogens with one attached hydrogen (secondary N) is 1. The Morgan fingerprint density at radius 3 is 2.50 bits per heavy atom. The smallest absolute Gasteiger partial charge is 0.271 e. The Morgan fingerprint density at radius 1 is 1.07 bits per heavy atom. The fraction of sp³-hybridized carbons (Fsp3) is 0.273. The van der Waals surface area contributed by atoms with Crippen LogP contribution in [0.15, 0.2) is 54.6 Å². The maximum atomic E-state index is 13.8. The van der Waals surface area contributed by atoms with Gasteiger partial charge in [0.25, 0.3) is 5.91 Å². The molecule has 1 aromatic heterocycles. The predicted octanol–water partition coefficient (Wildman–Crippen LogP) is 3.48. The summed E-state index contributed by atoms with van der Waals surface area (Å²) in [5.74, 6) is -0.224. The maximum absolute atomic E-state index is 13.8. The highest BCUT2D eigenvalue weighted by Crippen LogP contribution is 2.19. The van der Waals surface area contributed by atoms with E-state index >= 15 is 0 Å². The third-order valence-electron chi connectivity index (χ3n) is 5.17. The summed E-state index contributed by atoms with van der Waals surface area (Å²) in [4.78, 5) is 16.8. The van der Waals surface area contributed by atoms with Crippen molar-refractivity contribution >= 4 is 5.91 Å². The van der Waals surface area contributed by atoms with Crippen LogP contribution in [0.1, 0.15) is 21.6 Å². The summed E-state index contributed by atoms with van der Waals surface area (Å²) in [6.45, 7) is 5.28. The van der Waals surface area contributed by atoms with E-state index in [0.717, 1.165) is 24.3 Å². The molecule has 6 heteroatoms. The lowest BCUT2D eigenvalue weighted by atomic mass is 10.1. The number of aromatic amines is 1. The molecule has 0 bridgehead atoms. The first-order chi connectivity index (χ1) is 13.6. The van der Waals surface area contributed by atoms with Crippen molar-refractivity contribution in [2.45, 2.75) is 13.5 Å². The van der Waals surface area contributed by atoms with Gasteiger partial charge in [-0.25, -0.2) is 4.39 Å². The summed E-state index contributed by atoms with van der Waals surface area (Å²) in [7, 11) is 0. The van der Waals surface area contributed by atoms with Crippen LogP contribution in [0.3, 0.4) is 0 Å². The first kappa shape index (κ1) is 18.4. The topological polar surface area (TPSA) is 52.2 Å². The molecular formula is C22H23FN4O. The lowest BCUT2D eigenvalue weighted by molar-refractivity contribution is 0.0621. The van der Waals surface area contributed by atoms with E-state index in [1.807, 2.05) is 48.2 Å². The number of halogens is 1. The summed E-state index contributed by atoms with van der Waals surface area (Å²) in [6, 6.07) is 16.7. The van der Waals surface area contributed by atoms with Gasteiger partial charge in [-0.15, -0.1) is 0 Å². The molecule has 1 amide bonds. The highest BCUT2D eigenvalue weighted by Gasteiger charge is 2.24. The Labute approximate surface area is 163 Å². The molecule has 2 aromatic carbocycles. The normalized spacial score (nSPS) is 15.0. The second-order valence-corrected chi connectivity index (χ2v) is 7.19. The van der Waals surface area contributed by atoms with Gasteiger partial charge in [0.1, 0.15) is 11.5 Å². The molecule has 3 aromatic rings. The lowest BCUT2D eigenvalue weighted by Gasteiger charge is -2.34. The zero-order chi connectivity index (χ0) is 19.5. The van der Waals surface area contributed by atoms with Gasteiger partial charge in [0.2, 0.25) is 0 Å². The van der Waals surface area contributed by atoms with Crippen LogP contribution in [0.2, 0.25) is 0 Å². The van der Waals surface area contributed by atoms with Crippen molar-refractivity contribution < 1.29 is 9.18 Å². The van der Waals surface area contributed by atoms with Gasteiger partial charge < -0.3 is 4.90 Å². The van der Waals surface area contributed by atoms with Gasteiger partial charge in [-0.05, 0) is 19.1 Å². The Morgan fingerprint density at radius 2 is 1.79 bits per heavy atom. The fourth-order valence-corrected chi connectivity index (χ4v) is 3.45. The molecule has 2 heterocycles. The van der Waals surface area contributed by atoms with Crippen molar-refractivity contribution in [3.63, 3.8) is 0 Å². The average Bonchev–Trinajstić information content (AvgIpc) is 3.20. The van der Waals surface area contributed by atoms with Gasteiger partial charge in [-0.3, -0.25) is 14.8 Å². The highest BCUT2D eigenvalue weighted by molar-refractivity contribution is 5.93. The van der Waals surface area contributed by atoms with Crippen LogP contribution in [-0.2, 0) is 6.54 Å². The molecule has 144 valence electrons. The maximum Gasteiger partial charge on any atom is 0.271 e. The molecule has 28 heavy (non-hydrogen) atoms. The summed E-state index contributed by atoms with van der Waals surface area (Å²) < 4.78 is 13.8. The summed E-state index contributed by atoms with van der Waals surface area (Å²) in [5.41, 5.74) is 4.12. The number of carbonyl (C=O) groups excluding carboxylic acids is 1. The molecule has 1 aliphatic heterocycles. The van der Waals surface area contributed by atoms with E-state index in [1.165, 1.54) is 11.6 Å². The number of aryl methyl sites for hydroxylation is 1. The van der Waals surface area contributed by atoms with Crippen LogP contribution in [0.4, 0.5) is 4.39 Å². The van der Waals surface area contributed by atoms with Crippen LogP contribution in [0.5, 0.6) is 0 Å². The first-order valence-corrected chi connectivity index (χ1v) is 9.47. The van der Waals surface area contributed by atoms with Crippen molar-refractivity contribution in [2.75, 3.05) is 26.2 Å². The number of hydrogen-bond donors (Lipinski definition) is 1. The lowest BCUT2D eigenvalue weighted by Crippen LogP contribution is -2.48. The van der Waals surface area contributed by atoms with E-state index < -0.39 is 0 Å². The molecule has 0 spiro atoms. The molecule has 5 nitrogen and oxygen atoms in total. The molecule has 0 unspecified atom stereocenters. The molecule has 0 aliphatic carbocycles. The first-order valence-electron chi connectivity index (χ1n) is 9.47. The van der Waals surface area contributed by atoms with E-state index in [0.29, 0.717) is 30.9 Å². The standard InChI is InChI=1S/C22H23FN4O/c1-16-6-8-17(9-7-16)20-14-21(25-24-20)22(28)27-12-10-26(11-13-27)15-18-4-2-3-5-19(18)23/h2-9,14H,10-13,15H2,1H3,(H,24,25). The SMILES string of the molecule is Cc1ccc(-c2cc(C(=O)N3CCN(Cc4ccccc4F)CC3)[nH]n2)cc1. The number of amides is 1. The van der Waals surface area contributed by atoms with Crippen LogP contribution in [-0.4, -0.2) is 52.1 Å². The van der Waals surface area contributed by atoms with Crippen molar-refractivity contribution in [1.82, 2.24) is 20.0 Å². The van der Waals surface area contributed by atoms with E-state index in [-0.39, 0.29) is 11.7 Å². The van der Waals surface area contributed by atoms with Crippen molar-refractivity contribution in [3.8, 4) is 11.3 Å². The number of piperazine rings is 1. The molecule has 0 saturated carbocycles. The van der Waals surface area contributed by atoms with E-state index in [1.54, 1.807) is 12.1 Å². The Bertz CT molecular complexity index is 959. The molecule has 1 fully saturated rings. The monoisotopic (exact) mass is 378 g/mol. The van der Waals surface area contributed by atoms with Crippen LogP contribution < -0.4 is 0 Å². The summed E-state index contributed by atoms with van der Waals surface area (Å²) in [6.07, 6.45) is 0. The van der Waals surface area contributed by atoms with E-state index in [9.17, 15) is 9.18 Å². The van der Waals surface area contributed by atoms with Crippen LogP contribution in [0.25, 0.3) is 11.3 Å². The second-order valence-electron chi connectivity index (χ2n) is 7.19. The largest absolute Gasteiger partial charge is 0.335 e. The van der Waals surface area contributed by atoms with Crippen molar-refractivity contribution in [2.24, 2.45) is 0 Å². The molecule has 0 atom stereocenters. The number of nitrogens with zero attached hydrogens (tertiary/aromatic N) is 3. The van der Waals surface area contributed by atoms with Crippen LogP contribution >= 0.6 is 0 Å². The molecule has 4 rings (SSSR count). The Balaban J connectivity index is 1.36. The summed E-state index contributed by atoms with van der Waals surface area (Å²) in [5, 5.41) is 7.16.